The van der Waals surface area contributed by atoms with Crippen molar-refractivity contribution >= 4 is 0 Å². The first-order valence-electron chi connectivity index (χ1n) is 8.70. The summed E-state index contributed by atoms with van der Waals surface area (Å²) in [5.74, 6) is 0.851. The van der Waals surface area contributed by atoms with Gasteiger partial charge in [0.2, 0.25) is 0 Å². The van der Waals surface area contributed by atoms with Crippen LogP contribution in [0.2, 0.25) is 0 Å². The molecule has 0 bridgehead atoms. The molecule has 126 valence electrons. The third-order valence-corrected chi connectivity index (χ3v) is 4.17. The molecule has 0 N–H and O–H groups in total. The van der Waals surface area contributed by atoms with Crippen LogP contribution in [-0.4, -0.2) is 19.0 Å². The molecular formula is C21H37N. The highest BCUT2D eigenvalue weighted by Crippen LogP contribution is 2.22. The molecule has 0 aliphatic carbocycles. The van der Waals surface area contributed by atoms with E-state index in [1.165, 1.54) is 42.5 Å². The van der Waals surface area contributed by atoms with Crippen molar-refractivity contribution in [3.05, 3.63) is 47.2 Å². The third kappa shape index (κ3) is 8.92. The topological polar surface area (TPSA) is 3.24 Å². The summed E-state index contributed by atoms with van der Waals surface area (Å²) < 4.78 is 0. The highest BCUT2D eigenvalue weighted by Gasteiger charge is 2.08. The average molecular weight is 304 g/mol. The van der Waals surface area contributed by atoms with Crippen LogP contribution in [0.5, 0.6) is 0 Å². The Morgan fingerprint density at radius 2 is 1.68 bits per heavy atom. The summed E-state index contributed by atoms with van der Waals surface area (Å²) in [6.45, 7) is 15.2. The van der Waals surface area contributed by atoms with Gasteiger partial charge in [0.05, 0.1) is 0 Å². The van der Waals surface area contributed by atoms with Gasteiger partial charge in [-0.1, -0.05) is 57.4 Å². The van der Waals surface area contributed by atoms with Gasteiger partial charge < -0.3 is 4.90 Å². The lowest BCUT2D eigenvalue weighted by Gasteiger charge is -2.21. The standard InChI is InChI=1S/C21H37N/c1-9-11-20(10-2)14-15-21(22(7)8)16-19(6)18(5)13-12-17(3)4/h12-13,16,20H,6,9-11,14-15H2,1-5,7-8H3/b18-13+,21-16-. The van der Waals surface area contributed by atoms with Crippen LogP contribution < -0.4 is 0 Å². The van der Waals surface area contributed by atoms with E-state index in [-0.39, 0.29) is 0 Å². The van der Waals surface area contributed by atoms with Crippen molar-refractivity contribution in [1.82, 2.24) is 4.90 Å². The number of allylic oxidation sites excluding steroid dienone is 7. The van der Waals surface area contributed by atoms with E-state index in [1.54, 1.807) is 0 Å². The Morgan fingerprint density at radius 3 is 2.14 bits per heavy atom. The van der Waals surface area contributed by atoms with E-state index in [4.69, 9.17) is 0 Å². The molecule has 1 unspecified atom stereocenters. The van der Waals surface area contributed by atoms with Crippen LogP contribution in [0, 0.1) is 5.92 Å². The van der Waals surface area contributed by atoms with Crippen molar-refractivity contribution in [1.29, 1.82) is 0 Å². The lowest BCUT2D eigenvalue weighted by molar-refractivity contribution is 0.400. The van der Waals surface area contributed by atoms with Crippen molar-refractivity contribution in [2.24, 2.45) is 5.92 Å². The SMILES string of the molecule is C=C(/C=C(/CCC(CC)CCC)N(C)C)/C(C)=C/C=C(C)C. The molecule has 22 heavy (non-hydrogen) atoms. The molecule has 1 atom stereocenters. The summed E-state index contributed by atoms with van der Waals surface area (Å²) >= 11 is 0. The minimum Gasteiger partial charge on any atom is -0.381 e. The van der Waals surface area contributed by atoms with Gasteiger partial charge in [0, 0.05) is 19.8 Å². The molecule has 1 heteroatoms. The smallest absolute Gasteiger partial charge is 0.0133 e. The van der Waals surface area contributed by atoms with Gasteiger partial charge in [-0.15, -0.1) is 0 Å². The zero-order valence-corrected chi connectivity index (χ0v) is 16.0. The normalized spacial score (nSPS) is 13.8. The first-order valence-corrected chi connectivity index (χ1v) is 8.70. The maximum atomic E-state index is 4.24. The van der Waals surface area contributed by atoms with E-state index in [9.17, 15) is 0 Å². The maximum Gasteiger partial charge on any atom is 0.0133 e. The maximum absolute atomic E-state index is 4.24. The molecule has 0 aromatic carbocycles. The Kier molecular flexibility index (Phi) is 10.7. The number of nitrogens with zero attached hydrogens (tertiary/aromatic N) is 1. The van der Waals surface area contributed by atoms with Crippen LogP contribution in [0.4, 0.5) is 0 Å². The molecule has 0 rings (SSSR count). The molecule has 0 amide bonds. The predicted octanol–water partition coefficient (Wildman–Crippen LogP) is 6.51. The van der Waals surface area contributed by atoms with Gasteiger partial charge in [-0.3, -0.25) is 0 Å². The molecule has 0 saturated heterocycles. The Bertz CT molecular complexity index is 417. The van der Waals surface area contributed by atoms with E-state index in [2.05, 4.69) is 78.4 Å². The van der Waals surface area contributed by atoms with Gasteiger partial charge in [-0.2, -0.15) is 0 Å². The molecule has 0 aliphatic heterocycles. The number of rotatable bonds is 10. The Balaban J connectivity index is 4.90. The predicted molar refractivity (Wildman–Crippen MR) is 102 cm³/mol. The quantitative estimate of drug-likeness (QED) is 0.416. The first kappa shape index (κ1) is 20.8. The monoisotopic (exact) mass is 303 g/mol. The molecule has 0 fully saturated rings. The minimum atomic E-state index is 0.851. The highest BCUT2D eigenvalue weighted by molar-refractivity contribution is 5.39. The summed E-state index contributed by atoms with van der Waals surface area (Å²) in [6.07, 6.45) is 12.9. The Morgan fingerprint density at radius 1 is 1.05 bits per heavy atom. The second-order valence-corrected chi connectivity index (χ2v) is 6.75. The lowest BCUT2D eigenvalue weighted by atomic mass is 9.94. The first-order chi connectivity index (χ1) is 10.3. The van der Waals surface area contributed by atoms with Crippen LogP contribution in [-0.2, 0) is 0 Å². The molecule has 0 heterocycles. The Hall–Kier alpha value is -1.24. The van der Waals surface area contributed by atoms with E-state index in [1.807, 2.05) is 0 Å². The van der Waals surface area contributed by atoms with E-state index < -0.39 is 0 Å². The molecule has 0 aromatic heterocycles. The van der Waals surface area contributed by atoms with E-state index >= 15 is 0 Å². The van der Waals surface area contributed by atoms with Gasteiger partial charge in [0.1, 0.15) is 0 Å². The van der Waals surface area contributed by atoms with E-state index in [0.717, 1.165) is 17.9 Å². The second-order valence-electron chi connectivity index (χ2n) is 6.75. The van der Waals surface area contributed by atoms with Crippen LogP contribution >= 0.6 is 0 Å². The van der Waals surface area contributed by atoms with Gasteiger partial charge >= 0.3 is 0 Å². The summed E-state index contributed by atoms with van der Waals surface area (Å²) in [6, 6.07) is 0. The molecule has 0 aliphatic rings. The van der Waals surface area contributed by atoms with Crippen LogP contribution in [0.15, 0.2) is 47.2 Å². The molecule has 1 nitrogen and oxygen atoms in total. The molecule has 0 saturated carbocycles. The third-order valence-electron chi connectivity index (χ3n) is 4.17. The zero-order valence-electron chi connectivity index (χ0n) is 16.0. The molecule has 0 radical (unpaired) electrons. The van der Waals surface area contributed by atoms with Gasteiger partial charge in [0.25, 0.3) is 0 Å². The van der Waals surface area contributed by atoms with Crippen LogP contribution in [0.3, 0.4) is 0 Å². The van der Waals surface area contributed by atoms with Gasteiger partial charge in [-0.25, -0.2) is 0 Å². The highest BCUT2D eigenvalue weighted by atomic mass is 15.1. The fourth-order valence-electron chi connectivity index (χ4n) is 2.45. The summed E-state index contributed by atoms with van der Waals surface area (Å²) in [5.41, 5.74) is 5.05. The van der Waals surface area contributed by atoms with Crippen molar-refractivity contribution < 1.29 is 0 Å². The zero-order chi connectivity index (χ0) is 17.1. The Labute approximate surface area is 139 Å². The molecule has 0 aromatic rings. The second kappa shape index (κ2) is 11.3. The van der Waals surface area contributed by atoms with Crippen LogP contribution in [0.25, 0.3) is 0 Å². The number of hydrogen-bond donors (Lipinski definition) is 0. The van der Waals surface area contributed by atoms with Crippen molar-refractivity contribution in [3.8, 4) is 0 Å². The summed E-state index contributed by atoms with van der Waals surface area (Å²) in [5, 5.41) is 0. The van der Waals surface area contributed by atoms with Crippen molar-refractivity contribution in [2.45, 2.75) is 66.7 Å². The minimum absolute atomic E-state index is 0.851. The van der Waals surface area contributed by atoms with Crippen LogP contribution in [0.1, 0.15) is 66.7 Å². The van der Waals surface area contributed by atoms with Gasteiger partial charge in [0.15, 0.2) is 0 Å². The van der Waals surface area contributed by atoms with Crippen molar-refractivity contribution in [2.75, 3.05) is 14.1 Å². The average Bonchev–Trinajstić information content (AvgIpc) is 2.46. The number of hydrogen-bond acceptors (Lipinski definition) is 1. The largest absolute Gasteiger partial charge is 0.381 e. The van der Waals surface area contributed by atoms with Crippen molar-refractivity contribution in [3.63, 3.8) is 0 Å². The summed E-state index contributed by atoms with van der Waals surface area (Å²) in [4.78, 5) is 2.23. The van der Waals surface area contributed by atoms with E-state index in [0.29, 0.717) is 0 Å². The fraction of sp³-hybridized carbons (Fsp3) is 0.619. The molecule has 0 spiro atoms. The molecular weight excluding hydrogens is 266 g/mol. The fourth-order valence-corrected chi connectivity index (χ4v) is 2.45. The lowest BCUT2D eigenvalue weighted by Crippen LogP contribution is -2.13. The van der Waals surface area contributed by atoms with Gasteiger partial charge in [-0.05, 0) is 56.8 Å². The summed E-state index contributed by atoms with van der Waals surface area (Å²) in [7, 11) is 4.27.